The zero-order valence-corrected chi connectivity index (χ0v) is 14.3. The van der Waals surface area contributed by atoms with Crippen molar-refractivity contribution in [1.82, 2.24) is 0 Å². The monoisotopic (exact) mass is 334 g/mol. The lowest BCUT2D eigenvalue weighted by atomic mass is 9.83. The van der Waals surface area contributed by atoms with E-state index in [-0.39, 0.29) is 0 Å². The summed E-state index contributed by atoms with van der Waals surface area (Å²) < 4.78 is 0. The van der Waals surface area contributed by atoms with Gasteiger partial charge in [-0.2, -0.15) is 0 Å². The minimum Gasteiger partial charge on any atom is -0.376 e. The average Bonchev–Trinajstić information content (AvgIpc) is 2.96. The molecule has 0 bridgehead atoms. The normalized spacial score (nSPS) is 17.7. The van der Waals surface area contributed by atoms with Crippen LogP contribution in [0.2, 0.25) is 0 Å². The van der Waals surface area contributed by atoms with Crippen LogP contribution in [-0.4, -0.2) is 5.11 Å². The average molecular weight is 334 g/mol. The van der Waals surface area contributed by atoms with Gasteiger partial charge in [-0.3, -0.25) is 0 Å². The molecule has 26 heavy (non-hydrogen) atoms. The molecule has 1 atom stereocenters. The van der Waals surface area contributed by atoms with E-state index in [0.29, 0.717) is 0 Å². The van der Waals surface area contributed by atoms with Gasteiger partial charge in [0, 0.05) is 11.1 Å². The molecule has 1 aliphatic rings. The van der Waals surface area contributed by atoms with Gasteiger partial charge in [-0.25, -0.2) is 0 Å². The molecule has 1 N–H and O–H groups in total. The van der Waals surface area contributed by atoms with Crippen molar-refractivity contribution >= 4 is 16.8 Å². The molecule has 0 fully saturated rings. The quantitative estimate of drug-likeness (QED) is 0.495. The van der Waals surface area contributed by atoms with Crippen molar-refractivity contribution < 1.29 is 5.11 Å². The Morgan fingerprint density at radius 3 is 2.08 bits per heavy atom. The topological polar surface area (TPSA) is 20.2 Å². The van der Waals surface area contributed by atoms with Crippen molar-refractivity contribution in [3.63, 3.8) is 0 Å². The van der Waals surface area contributed by atoms with Gasteiger partial charge in [-0.05, 0) is 45.2 Å². The third kappa shape index (κ3) is 1.95. The smallest absolute Gasteiger partial charge is 0.141 e. The summed E-state index contributed by atoms with van der Waals surface area (Å²) >= 11 is 0. The van der Waals surface area contributed by atoms with E-state index in [1.54, 1.807) is 0 Å². The second-order valence-electron chi connectivity index (χ2n) is 6.83. The second-order valence-corrected chi connectivity index (χ2v) is 6.83. The van der Waals surface area contributed by atoms with Crippen LogP contribution in [-0.2, 0) is 5.60 Å². The molecule has 0 spiro atoms. The van der Waals surface area contributed by atoms with E-state index in [2.05, 4.69) is 43.0 Å². The fraction of sp³-hybridized carbons (Fsp3) is 0.0400. The highest BCUT2D eigenvalue weighted by Gasteiger charge is 2.43. The third-order valence-electron chi connectivity index (χ3n) is 5.45. The maximum absolute atomic E-state index is 12.0. The molecule has 0 radical (unpaired) electrons. The van der Waals surface area contributed by atoms with Crippen molar-refractivity contribution in [1.29, 1.82) is 0 Å². The summed E-state index contributed by atoms with van der Waals surface area (Å²) in [5, 5.41) is 14.3. The summed E-state index contributed by atoms with van der Waals surface area (Å²) in [6.07, 6.45) is 1.82. The van der Waals surface area contributed by atoms with Gasteiger partial charge in [0.2, 0.25) is 0 Å². The molecule has 5 rings (SSSR count). The first-order valence-corrected chi connectivity index (χ1v) is 8.80. The summed E-state index contributed by atoms with van der Waals surface area (Å²) in [5.74, 6) is 0. The van der Waals surface area contributed by atoms with E-state index < -0.39 is 5.60 Å². The number of aliphatic hydroxyl groups is 1. The Kier molecular flexibility index (Phi) is 3.15. The first kappa shape index (κ1) is 15.1. The van der Waals surface area contributed by atoms with Crippen LogP contribution >= 0.6 is 0 Å². The van der Waals surface area contributed by atoms with Crippen molar-refractivity contribution in [3.05, 3.63) is 114 Å². The SMILES string of the molecule is C=Cc1ccc(C2(O)c3ccccc3-c3cc4ccccc4cc32)cc1. The van der Waals surface area contributed by atoms with Gasteiger partial charge in [-0.15, -0.1) is 0 Å². The van der Waals surface area contributed by atoms with Crippen LogP contribution in [0.25, 0.3) is 28.0 Å². The molecule has 0 heterocycles. The first-order chi connectivity index (χ1) is 12.7. The molecular weight excluding hydrogens is 316 g/mol. The van der Waals surface area contributed by atoms with Crippen molar-refractivity contribution in [2.45, 2.75) is 5.60 Å². The number of benzene rings is 4. The predicted octanol–water partition coefficient (Wildman–Crippen LogP) is 5.75. The Balaban J connectivity index is 1.85. The zero-order valence-electron chi connectivity index (χ0n) is 14.3. The van der Waals surface area contributed by atoms with E-state index in [0.717, 1.165) is 38.8 Å². The Morgan fingerprint density at radius 2 is 1.35 bits per heavy atom. The van der Waals surface area contributed by atoms with E-state index in [1.165, 1.54) is 5.39 Å². The molecule has 0 saturated heterocycles. The minimum atomic E-state index is -1.14. The number of fused-ring (bicyclic) bond motifs is 4. The molecule has 4 aromatic carbocycles. The standard InChI is InChI=1S/C25H18O/c1-2-17-11-13-20(14-12-17)25(26)23-10-6-5-9-21(23)22-15-18-7-3-4-8-19(18)16-24(22)25/h2-16,26H,1H2. The van der Waals surface area contributed by atoms with Gasteiger partial charge in [0.1, 0.15) is 5.60 Å². The maximum atomic E-state index is 12.0. The molecule has 1 heteroatoms. The van der Waals surface area contributed by atoms with Gasteiger partial charge >= 0.3 is 0 Å². The molecule has 0 aliphatic heterocycles. The van der Waals surface area contributed by atoms with Gasteiger partial charge in [0.05, 0.1) is 0 Å². The molecular formula is C25H18O. The van der Waals surface area contributed by atoms with Crippen LogP contribution in [0.4, 0.5) is 0 Å². The fourth-order valence-corrected chi connectivity index (χ4v) is 4.11. The highest BCUT2D eigenvalue weighted by atomic mass is 16.3. The fourth-order valence-electron chi connectivity index (χ4n) is 4.11. The van der Waals surface area contributed by atoms with Crippen LogP contribution in [0.3, 0.4) is 0 Å². The molecule has 0 amide bonds. The number of hydrogen-bond acceptors (Lipinski definition) is 1. The van der Waals surface area contributed by atoms with E-state index >= 15 is 0 Å². The van der Waals surface area contributed by atoms with Crippen LogP contribution in [0, 0.1) is 0 Å². The molecule has 124 valence electrons. The summed E-state index contributed by atoms with van der Waals surface area (Å²) in [6.45, 7) is 3.82. The molecule has 1 aliphatic carbocycles. The summed E-state index contributed by atoms with van der Waals surface area (Å²) in [5.41, 5.74) is 4.88. The second kappa shape index (κ2) is 5.42. The minimum absolute atomic E-state index is 0.879. The van der Waals surface area contributed by atoms with Gasteiger partial charge in [0.15, 0.2) is 0 Å². The van der Waals surface area contributed by atoms with Crippen LogP contribution < -0.4 is 0 Å². The van der Waals surface area contributed by atoms with Gasteiger partial charge in [-0.1, -0.05) is 85.5 Å². The highest BCUT2D eigenvalue weighted by Crippen LogP contribution is 2.51. The molecule has 1 unspecified atom stereocenters. The lowest BCUT2D eigenvalue weighted by Gasteiger charge is -2.27. The van der Waals surface area contributed by atoms with E-state index in [1.807, 2.05) is 54.6 Å². The first-order valence-electron chi connectivity index (χ1n) is 8.80. The summed E-state index contributed by atoms with van der Waals surface area (Å²) in [6, 6.07) is 28.8. The molecule has 4 aromatic rings. The van der Waals surface area contributed by atoms with Crippen molar-refractivity contribution in [2.75, 3.05) is 0 Å². The number of rotatable bonds is 2. The summed E-state index contributed by atoms with van der Waals surface area (Å²) in [4.78, 5) is 0. The van der Waals surface area contributed by atoms with Crippen LogP contribution in [0.15, 0.2) is 91.5 Å². The lowest BCUT2D eigenvalue weighted by molar-refractivity contribution is 0.131. The Hall–Kier alpha value is -3.16. The third-order valence-corrected chi connectivity index (χ3v) is 5.45. The largest absolute Gasteiger partial charge is 0.376 e. The van der Waals surface area contributed by atoms with E-state index in [9.17, 15) is 5.11 Å². The zero-order chi connectivity index (χ0) is 17.7. The molecule has 0 saturated carbocycles. The number of hydrogen-bond donors (Lipinski definition) is 1. The van der Waals surface area contributed by atoms with E-state index in [4.69, 9.17) is 0 Å². The van der Waals surface area contributed by atoms with Gasteiger partial charge in [0.25, 0.3) is 0 Å². The van der Waals surface area contributed by atoms with Crippen molar-refractivity contribution in [3.8, 4) is 11.1 Å². The van der Waals surface area contributed by atoms with Crippen molar-refractivity contribution in [2.24, 2.45) is 0 Å². The molecule has 1 nitrogen and oxygen atoms in total. The van der Waals surface area contributed by atoms with Gasteiger partial charge < -0.3 is 5.11 Å². The summed E-state index contributed by atoms with van der Waals surface area (Å²) in [7, 11) is 0. The Bertz CT molecular complexity index is 1150. The highest BCUT2D eigenvalue weighted by molar-refractivity contribution is 5.94. The Labute approximate surface area is 152 Å². The van der Waals surface area contributed by atoms with Crippen LogP contribution in [0.1, 0.15) is 22.3 Å². The Morgan fingerprint density at radius 1 is 0.692 bits per heavy atom. The molecule has 0 aromatic heterocycles. The lowest BCUT2D eigenvalue weighted by Crippen LogP contribution is -2.26. The predicted molar refractivity (Wildman–Crippen MR) is 108 cm³/mol. The van der Waals surface area contributed by atoms with Crippen LogP contribution in [0.5, 0.6) is 0 Å². The maximum Gasteiger partial charge on any atom is 0.141 e.